The van der Waals surface area contributed by atoms with E-state index in [2.05, 4.69) is 0 Å². The first-order chi connectivity index (χ1) is 5.66. The Hall–Kier alpha value is -0.200. The number of aliphatic hydroxyl groups is 3. The Morgan fingerprint density at radius 2 is 2.08 bits per heavy atom. The van der Waals surface area contributed by atoms with Gasteiger partial charge in [0.05, 0.1) is 6.61 Å². The van der Waals surface area contributed by atoms with Gasteiger partial charge in [0.1, 0.15) is 18.3 Å². The van der Waals surface area contributed by atoms with Crippen molar-refractivity contribution in [1.29, 1.82) is 0 Å². The zero-order valence-corrected chi connectivity index (χ0v) is 6.88. The maximum Gasteiger partial charge on any atom is 0.183 e. The van der Waals surface area contributed by atoms with E-state index >= 15 is 0 Å². The number of hydrogen-bond acceptors (Lipinski definition) is 5. The zero-order chi connectivity index (χ0) is 9.14. The summed E-state index contributed by atoms with van der Waals surface area (Å²) in [5.41, 5.74) is 0. The zero-order valence-electron chi connectivity index (χ0n) is 6.88. The quantitative estimate of drug-likeness (QED) is 0.477. The van der Waals surface area contributed by atoms with Crippen molar-refractivity contribution in [3.63, 3.8) is 0 Å². The van der Waals surface area contributed by atoms with Gasteiger partial charge in [0.25, 0.3) is 0 Å². The van der Waals surface area contributed by atoms with E-state index in [4.69, 9.17) is 19.7 Å². The van der Waals surface area contributed by atoms with Gasteiger partial charge in [-0.25, -0.2) is 0 Å². The molecule has 1 aliphatic heterocycles. The van der Waals surface area contributed by atoms with Crippen molar-refractivity contribution >= 4 is 0 Å². The fraction of sp³-hybridized carbons (Fsp3) is 1.00. The Morgan fingerprint density at radius 3 is 2.67 bits per heavy atom. The van der Waals surface area contributed by atoms with Crippen LogP contribution < -0.4 is 0 Å². The molecule has 0 aromatic rings. The molecule has 0 spiro atoms. The van der Waals surface area contributed by atoms with Crippen LogP contribution in [0.2, 0.25) is 0 Å². The molecule has 1 fully saturated rings. The molecule has 0 aromatic heterocycles. The average molecular weight is 178 g/mol. The van der Waals surface area contributed by atoms with Gasteiger partial charge in [0, 0.05) is 6.61 Å². The van der Waals surface area contributed by atoms with Gasteiger partial charge >= 0.3 is 0 Å². The Balaban J connectivity index is 2.52. The highest BCUT2D eigenvalue weighted by Gasteiger charge is 2.38. The summed E-state index contributed by atoms with van der Waals surface area (Å²) in [6.45, 7) is 2.03. The third kappa shape index (κ3) is 1.94. The van der Waals surface area contributed by atoms with Crippen molar-refractivity contribution in [2.75, 3.05) is 13.2 Å². The molecule has 3 N–H and O–H groups in total. The van der Waals surface area contributed by atoms with Crippen LogP contribution in [0.4, 0.5) is 0 Å². The Bertz CT molecular complexity index is 140. The second kappa shape index (κ2) is 4.15. The summed E-state index contributed by atoms with van der Waals surface area (Å²) >= 11 is 0. The Kier molecular flexibility index (Phi) is 3.42. The lowest BCUT2D eigenvalue weighted by atomic mass is 10.1. The van der Waals surface area contributed by atoms with Crippen LogP contribution in [0.5, 0.6) is 0 Å². The largest absolute Gasteiger partial charge is 0.388 e. The summed E-state index contributed by atoms with van der Waals surface area (Å²) < 4.78 is 9.74. The van der Waals surface area contributed by atoms with Gasteiger partial charge in [-0.05, 0) is 6.92 Å². The van der Waals surface area contributed by atoms with E-state index in [0.29, 0.717) is 6.61 Å². The van der Waals surface area contributed by atoms with Crippen molar-refractivity contribution in [2.45, 2.75) is 31.5 Å². The second-order valence-electron chi connectivity index (χ2n) is 2.70. The third-order valence-corrected chi connectivity index (χ3v) is 1.81. The maximum atomic E-state index is 9.32. The molecule has 5 heteroatoms. The molecule has 0 amide bonds. The molecular weight excluding hydrogens is 164 g/mol. The van der Waals surface area contributed by atoms with Gasteiger partial charge < -0.3 is 24.8 Å². The van der Waals surface area contributed by atoms with Crippen molar-refractivity contribution in [3.05, 3.63) is 0 Å². The van der Waals surface area contributed by atoms with E-state index in [9.17, 15) is 5.11 Å². The van der Waals surface area contributed by atoms with E-state index in [1.54, 1.807) is 6.92 Å². The van der Waals surface area contributed by atoms with Crippen LogP contribution in [-0.2, 0) is 9.47 Å². The van der Waals surface area contributed by atoms with E-state index in [0.717, 1.165) is 0 Å². The molecule has 0 unspecified atom stereocenters. The van der Waals surface area contributed by atoms with Crippen LogP contribution in [0, 0.1) is 0 Å². The van der Waals surface area contributed by atoms with E-state index in [1.165, 1.54) is 0 Å². The lowest BCUT2D eigenvalue weighted by Gasteiger charge is -2.34. The predicted molar refractivity (Wildman–Crippen MR) is 39.4 cm³/mol. The summed E-state index contributed by atoms with van der Waals surface area (Å²) in [6.07, 6.45) is -4.05. The molecule has 12 heavy (non-hydrogen) atoms. The van der Waals surface area contributed by atoms with E-state index < -0.39 is 24.6 Å². The summed E-state index contributed by atoms with van der Waals surface area (Å²) in [6, 6.07) is 0. The van der Waals surface area contributed by atoms with Crippen molar-refractivity contribution in [3.8, 4) is 0 Å². The van der Waals surface area contributed by atoms with Crippen LogP contribution in [0.15, 0.2) is 0 Å². The Morgan fingerprint density at radius 1 is 1.42 bits per heavy atom. The first-order valence-corrected chi connectivity index (χ1v) is 3.94. The number of hydrogen-bond donors (Lipinski definition) is 3. The van der Waals surface area contributed by atoms with Gasteiger partial charge in [-0.3, -0.25) is 0 Å². The molecule has 0 bridgehead atoms. The lowest BCUT2D eigenvalue weighted by Crippen LogP contribution is -2.54. The van der Waals surface area contributed by atoms with E-state index in [1.807, 2.05) is 0 Å². The highest BCUT2D eigenvalue weighted by molar-refractivity contribution is 4.82. The SMILES string of the molecule is CCO[C@@H]1[C@@H](O)[C@H](O)CO[C@H]1O. The minimum atomic E-state index is -1.15. The molecule has 0 aromatic carbocycles. The molecule has 1 heterocycles. The van der Waals surface area contributed by atoms with Gasteiger partial charge in [-0.1, -0.05) is 0 Å². The smallest absolute Gasteiger partial charge is 0.183 e. The highest BCUT2D eigenvalue weighted by atomic mass is 16.6. The van der Waals surface area contributed by atoms with Crippen molar-refractivity contribution in [2.24, 2.45) is 0 Å². The summed E-state index contributed by atoms with van der Waals surface area (Å²) in [5.74, 6) is 0. The van der Waals surface area contributed by atoms with Crippen LogP contribution >= 0.6 is 0 Å². The maximum absolute atomic E-state index is 9.32. The van der Waals surface area contributed by atoms with Gasteiger partial charge in [-0.15, -0.1) is 0 Å². The third-order valence-electron chi connectivity index (χ3n) is 1.81. The monoisotopic (exact) mass is 178 g/mol. The number of aliphatic hydroxyl groups excluding tert-OH is 3. The number of ether oxygens (including phenoxy) is 2. The highest BCUT2D eigenvalue weighted by Crippen LogP contribution is 2.16. The molecule has 0 saturated carbocycles. The van der Waals surface area contributed by atoms with Crippen LogP contribution in [-0.4, -0.2) is 53.1 Å². The molecule has 72 valence electrons. The Labute approximate surface area is 70.5 Å². The summed E-state index contributed by atoms with van der Waals surface area (Å²) in [5, 5.41) is 27.6. The molecule has 0 aliphatic carbocycles. The summed E-state index contributed by atoms with van der Waals surface area (Å²) in [4.78, 5) is 0. The van der Waals surface area contributed by atoms with Crippen molar-refractivity contribution < 1.29 is 24.8 Å². The van der Waals surface area contributed by atoms with Crippen LogP contribution in [0.1, 0.15) is 6.92 Å². The number of rotatable bonds is 2. The molecular formula is C7H14O5. The van der Waals surface area contributed by atoms with E-state index in [-0.39, 0.29) is 6.61 Å². The van der Waals surface area contributed by atoms with Crippen LogP contribution in [0.3, 0.4) is 0 Å². The van der Waals surface area contributed by atoms with Crippen LogP contribution in [0.25, 0.3) is 0 Å². The normalized spacial score (nSPS) is 43.0. The molecule has 0 radical (unpaired) electrons. The molecule has 1 aliphatic rings. The average Bonchev–Trinajstić information content (AvgIpc) is 2.06. The first-order valence-electron chi connectivity index (χ1n) is 3.94. The topological polar surface area (TPSA) is 79.2 Å². The minimum absolute atomic E-state index is 0.0636. The van der Waals surface area contributed by atoms with Gasteiger partial charge in [0.2, 0.25) is 0 Å². The lowest BCUT2D eigenvalue weighted by molar-refractivity contribution is -0.263. The minimum Gasteiger partial charge on any atom is -0.388 e. The van der Waals surface area contributed by atoms with Gasteiger partial charge in [0.15, 0.2) is 6.29 Å². The molecule has 5 nitrogen and oxygen atoms in total. The fourth-order valence-electron chi connectivity index (χ4n) is 1.15. The molecule has 1 rings (SSSR count). The standard InChI is InChI=1S/C7H14O5/c1-2-11-6-5(9)4(8)3-12-7(6)10/h4-10H,2-3H2,1H3/t4-,5+,6-,7-/m1/s1. The first kappa shape index (κ1) is 9.88. The predicted octanol–water partition coefficient (Wildman–Crippen LogP) is -1.54. The van der Waals surface area contributed by atoms with Gasteiger partial charge in [-0.2, -0.15) is 0 Å². The van der Waals surface area contributed by atoms with Crippen molar-refractivity contribution in [1.82, 2.24) is 0 Å². The molecule has 1 saturated heterocycles. The fourth-order valence-corrected chi connectivity index (χ4v) is 1.15. The summed E-state index contributed by atoms with van der Waals surface area (Å²) in [7, 11) is 0. The molecule has 4 atom stereocenters. The second-order valence-corrected chi connectivity index (χ2v) is 2.70.